The normalized spacial score (nSPS) is 10.4. The molecule has 2 aromatic rings. The molecule has 0 aliphatic heterocycles. The molecule has 0 spiro atoms. The number of halogens is 1. The summed E-state index contributed by atoms with van der Waals surface area (Å²) in [5.74, 6) is 1.43. The zero-order chi connectivity index (χ0) is 18.1. The maximum absolute atomic E-state index is 12.0. The van der Waals surface area contributed by atoms with E-state index in [9.17, 15) is 4.79 Å². The molecule has 0 heterocycles. The van der Waals surface area contributed by atoms with E-state index in [0.29, 0.717) is 31.1 Å². The first-order chi connectivity index (χ1) is 12.1. The molecule has 2 rings (SSSR count). The number of hydrogen-bond acceptors (Lipinski definition) is 3. The molecule has 4 nitrogen and oxygen atoms in total. The van der Waals surface area contributed by atoms with Crippen LogP contribution in [-0.4, -0.2) is 19.6 Å². The summed E-state index contributed by atoms with van der Waals surface area (Å²) in [5, 5.41) is 3.67. The zero-order valence-corrected chi connectivity index (χ0v) is 15.4. The lowest BCUT2D eigenvalue weighted by Crippen LogP contribution is -2.22. The Hall–Kier alpha value is -2.20. The quantitative estimate of drug-likeness (QED) is 0.720. The van der Waals surface area contributed by atoms with Gasteiger partial charge in [-0.05, 0) is 55.2 Å². The van der Waals surface area contributed by atoms with Gasteiger partial charge >= 0.3 is 0 Å². The summed E-state index contributed by atoms with van der Waals surface area (Å²) >= 11 is 5.86. The van der Waals surface area contributed by atoms with Gasteiger partial charge in [-0.25, -0.2) is 0 Å². The first-order valence-corrected chi connectivity index (χ1v) is 8.81. The minimum absolute atomic E-state index is 0.0433. The third kappa shape index (κ3) is 6.31. The van der Waals surface area contributed by atoms with Gasteiger partial charge in [-0.1, -0.05) is 29.8 Å². The molecule has 0 aliphatic carbocycles. The Labute approximate surface area is 154 Å². The molecule has 5 heteroatoms. The number of benzene rings is 2. The van der Waals surface area contributed by atoms with E-state index in [4.69, 9.17) is 21.1 Å². The van der Waals surface area contributed by atoms with Crippen LogP contribution in [0.15, 0.2) is 42.5 Å². The second-order valence-electron chi connectivity index (χ2n) is 5.67. The Morgan fingerprint density at radius 1 is 1.08 bits per heavy atom. The lowest BCUT2D eigenvalue weighted by Gasteiger charge is -2.11. The molecular formula is C20H24ClNO3. The van der Waals surface area contributed by atoms with Crippen molar-refractivity contribution in [1.29, 1.82) is 0 Å². The Morgan fingerprint density at radius 2 is 1.80 bits per heavy atom. The maximum atomic E-state index is 12.0. The van der Waals surface area contributed by atoms with Crippen molar-refractivity contribution in [3.05, 3.63) is 58.6 Å². The smallest absolute Gasteiger partial charge is 0.220 e. The fraction of sp³-hybridized carbons (Fsp3) is 0.350. The molecular weight excluding hydrogens is 338 g/mol. The Kier molecular flexibility index (Phi) is 7.61. The van der Waals surface area contributed by atoms with E-state index in [1.54, 1.807) is 7.11 Å². The molecule has 1 N–H and O–H groups in total. The highest BCUT2D eigenvalue weighted by atomic mass is 35.5. The van der Waals surface area contributed by atoms with Gasteiger partial charge in [0, 0.05) is 18.0 Å². The molecule has 0 aromatic heterocycles. The number of ether oxygens (including phenoxy) is 2. The molecule has 0 radical (unpaired) electrons. The summed E-state index contributed by atoms with van der Waals surface area (Å²) in [6.45, 7) is 2.99. The van der Waals surface area contributed by atoms with Crippen LogP contribution in [0.1, 0.15) is 30.9 Å². The first-order valence-electron chi connectivity index (χ1n) is 8.43. The minimum Gasteiger partial charge on any atom is -0.493 e. The van der Waals surface area contributed by atoms with Crippen LogP contribution in [0, 0.1) is 0 Å². The van der Waals surface area contributed by atoms with Crippen molar-refractivity contribution in [1.82, 2.24) is 5.32 Å². The number of carbonyl (C=O) groups is 1. The van der Waals surface area contributed by atoms with Crippen LogP contribution in [0.4, 0.5) is 0 Å². The van der Waals surface area contributed by atoms with E-state index in [2.05, 4.69) is 5.32 Å². The van der Waals surface area contributed by atoms with Crippen LogP contribution in [0.2, 0.25) is 5.02 Å². The van der Waals surface area contributed by atoms with E-state index in [0.717, 1.165) is 23.4 Å². The van der Waals surface area contributed by atoms with Gasteiger partial charge < -0.3 is 14.8 Å². The van der Waals surface area contributed by atoms with Gasteiger partial charge in [-0.3, -0.25) is 4.79 Å². The first kappa shape index (κ1) is 19.1. The van der Waals surface area contributed by atoms with Crippen LogP contribution in [0.5, 0.6) is 11.5 Å². The molecule has 0 saturated carbocycles. The fourth-order valence-corrected chi connectivity index (χ4v) is 2.62. The van der Waals surface area contributed by atoms with Crippen LogP contribution in [-0.2, 0) is 17.8 Å². The maximum Gasteiger partial charge on any atom is 0.220 e. The number of carbonyl (C=O) groups excluding carboxylic acids is 1. The van der Waals surface area contributed by atoms with Crippen LogP contribution in [0.3, 0.4) is 0 Å². The van der Waals surface area contributed by atoms with E-state index >= 15 is 0 Å². The molecule has 0 aliphatic rings. The Morgan fingerprint density at radius 3 is 2.48 bits per heavy atom. The second-order valence-corrected chi connectivity index (χ2v) is 6.11. The molecule has 25 heavy (non-hydrogen) atoms. The predicted molar refractivity (Wildman–Crippen MR) is 100 cm³/mol. The van der Waals surface area contributed by atoms with Crippen LogP contribution >= 0.6 is 11.6 Å². The SMILES string of the molecule is CCOc1ccc(CNC(=O)CCCc2ccc(Cl)cc2)cc1OC. The van der Waals surface area contributed by atoms with E-state index < -0.39 is 0 Å². The summed E-state index contributed by atoms with van der Waals surface area (Å²) in [4.78, 5) is 12.0. The molecule has 0 bridgehead atoms. The standard InChI is InChI=1S/C20H24ClNO3/c1-3-25-18-12-9-16(13-19(18)24-2)14-22-20(23)6-4-5-15-7-10-17(21)11-8-15/h7-13H,3-6,14H2,1-2H3,(H,22,23). The average molecular weight is 362 g/mol. The second kappa shape index (κ2) is 9.94. The van der Waals surface area contributed by atoms with Crippen LogP contribution in [0.25, 0.3) is 0 Å². The number of rotatable bonds is 9. The Balaban J connectivity index is 1.76. The number of methoxy groups -OCH3 is 1. The summed E-state index contributed by atoms with van der Waals surface area (Å²) in [7, 11) is 1.61. The van der Waals surface area contributed by atoms with Crippen molar-refractivity contribution in [2.45, 2.75) is 32.7 Å². The topological polar surface area (TPSA) is 47.6 Å². The van der Waals surface area contributed by atoms with Crippen molar-refractivity contribution < 1.29 is 14.3 Å². The van der Waals surface area contributed by atoms with Gasteiger partial charge in [0.2, 0.25) is 5.91 Å². The van der Waals surface area contributed by atoms with Crippen molar-refractivity contribution in [2.75, 3.05) is 13.7 Å². The van der Waals surface area contributed by atoms with Gasteiger partial charge in [-0.15, -0.1) is 0 Å². The van der Waals surface area contributed by atoms with Gasteiger partial charge in [0.05, 0.1) is 13.7 Å². The molecule has 2 aromatic carbocycles. The zero-order valence-electron chi connectivity index (χ0n) is 14.7. The summed E-state index contributed by atoms with van der Waals surface area (Å²) in [6.07, 6.45) is 2.17. The molecule has 0 saturated heterocycles. The molecule has 0 atom stereocenters. The molecule has 134 valence electrons. The van der Waals surface area contributed by atoms with Gasteiger partial charge in [0.25, 0.3) is 0 Å². The monoisotopic (exact) mass is 361 g/mol. The highest BCUT2D eigenvalue weighted by Gasteiger charge is 2.07. The van der Waals surface area contributed by atoms with Crippen molar-refractivity contribution in [2.24, 2.45) is 0 Å². The highest BCUT2D eigenvalue weighted by molar-refractivity contribution is 6.30. The predicted octanol–water partition coefficient (Wildman–Crippen LogP) is 4.39. The summed E-state index contributed by atoms with van der Waals surface area (Å²) < 4.78 is 10.8. The third-order valence-corrected chi connectivity index (χ3v) is 4.05. The molecule has 0 fully saturated rings. The highest BCUT2D eigenvalue weighted by Crippen LogP contribution is 2.27. The van der Waals surface area contributed by atoms with Crippen molar-refractivity contribution >= 4 is 17.5 Å². The number of nitrogens with one attached hydrogen (secondary N) is 1. The van der Waals surface area contributed by atoms with E-state index in [1.165, 1.54) is 5.56 Å². The van der Waals surface area contributed by atoms with Crippen molar-refractivity contribution in [3.8, 4) is 11.5 Å². The molecule has 1 amide bonds. The average Bonchev–Trinajstić information content (AvgIpc) is 2.62. The van der Waals surface area contributed by atoms with Crippen molar-refractivity contribution in [3.63, 3.8) is 0 Å². The molecule has 0 unspecified atom stereocenters. The fourth-order valence-electron chi connectivity index (χ4n) is 2.49. The summed E-state index contributed by atoms with van der Waals surface area (Å²) in [6, 6.07) is 13.4. The third-order valence-electron chi connectivity index (χ3n) is 3.80. The summed E-state index contributed by atoms with van der Waals surface area (Å²) in [5.41, 5.74) is 2.17. The largest absolute Gasteiger partial charge is 0.493 e. The van der Waals surface area contributed by atoms with E-state index in [1.807, 2.05) is 49.4 Å². The van der Waals surface area contributed by atoms with Gasteiger partial charge in [-0.2, -0.15) is 0 Å². The van der Waals surface area contributed by atoms with Gasteiger partial charge in [0.1, 0.15) is 0 Å². The van der Waals surface area contributed by atoms with Crippen LogP contribution < -0.4 is 14.8 Å². The number of amides is 1. The van der Waals surface area contributed by atoms with E-state index in [-0.39, 0.29) is 5.91 Å². The lowest BCUT2D eigenvalue weighted by atomic mass is 10.1. The minimum atomic E-state index is 0.0433. The Bertz CT molecular complexity index is 686. The number of aryl methyl sites for hydroxylation is 1. The lowest BCUT2D eigenvalue weighted by molar-refractivity contribution is -0.121. The van der Waals surface area contributed by atoms with Gasteiger partial charge in [0.15, 0.2) is 11.5 Å². The number of hydrogen-bond donors (Lipinski definition) is 1.